The van der Waals surface area contributed by atoms with Crippen LogP contribution in [0, 0.1) is 11.3 Å². The number of rotatable bonds is 4. The fourth-order valence-corrected chi connectivity index (χ4v) is 3.22. The van der Waals surface area contributed by atoms with Gasteiger partial charge in [-0.05, 0) is 29.0 Å². The van der Waals surface area contributed by atoms with Crippen molar-refractivity contribution in [2.24, 2.45) is 5.10 Å². The molecule has 6 nitrogen and oxygen atoms in total. The van der Waals surface area contributed by atoms with Crippen molar-refractivity contribution < 1.29 is 9.90 Å². The van der Waals surface area contributed by atoms with Gasteiger partial charge < -0.3 is 9.67 Å². The molecule has 6 heteroatoms. The Hall–Kier alpha value is -4.11. The summed E-state index contributed by atoms with van der Waals surface area (Å²) in [4.78, 5) is 12.4. The second kappa shape index (κ2) is 7.25. The van der Waals surface area contributed by atoms with Gasteiger partial charge in [0.05, 0.1) is 17.8 Å². The predicted molar refractivity (Wildman–Crippen MR) is 108 cm³/mol. The number of hydrogen-bond donors (Lipinski definition) is 2. The lowest BCUT2D eigenvalue weighted by Gasteiger charge is -2.05. The number of nitrogens with one attached hydrogen (secondary N) is 1. The Morgan fingerprint density at radius 1 is 1.14 bits per heavy atom. The molecule has 0 radical (unpaired) electrons. The molecule has 1 aromatic heterocycles. The molecule has 0 spiro atoms. The van der Waals surface area contributed by atoms with Crippen LogP contribution < -0.4 is 5.43 Å². The first-order valence-corrected chi connectivity index (χ1v) is 8.67. The molecule has 0 aliphatic carbocycles. The standard InChI is InChI=1S/C22H16N4O2/c23-9-10-26-14-17(18-7-3-4-8-20(18)26)13-24-25-22(28)19-11-15-5-1-2-6-16(15)12-21(19)27/h1-8,11-14,27H,10H2,(H,25,28). The molecule has 0 aliphatic heterocycles. The Balaban J connectivity index is 1.59. The van der Waals surface area contributed by atoms with Crippen LogP contribution in [0.3, 0.4) is 0 Å². The van der Waals surface area contributed by atoms with Crippen molar-refractivity contribution in [2.45, 2.75) is 6.54 Å². The SMILES string of the molecule is N#CCn1cc(C=NNC(=O)c2cc3ccccc3cc2O)c2ccccc21. The number of fused-ring (bicyclic) bond motifs is 2. The Kier molecular flexibility index (Phi) is 4.48. The number of carbonyl (C=O) groups is 1. The van der Waals surface area contributed by atoms with Gasteiger partial charge in [0.1, 0.15) is 12.3 Å². The Bertz CT molecular complexity index is 1260. The summed E-state index contributed by atoms with van der Waals surface area (Å²) in [7, 11) is 0. The van der Waals surface area contributed by atoms with Gasteiger partial charge in [0.15, 0.2) is 0 Å². The molecule has 1 amide bonds. The van der Waals surface area contributed by atoms with E-state index in [-0.39, 0.29) is 17.9 Å². The van der Waals surface area contributed by atoms with E-state index in [1.54, 1.807) is 12.1 Å². The first kappa shape index (κ1) is 17.3. The molecule has 0 bridgehead atoms. The number of aromatic hydroxyl groups is 1. The zero-order valence-electron chi connectivity index (χ0n) is 14.8. The number of nitrogens with zero attached hydrogens (tertiary/aromatic N) is 3. The van der Waals surface area contributed by atoms with Crippen molar-refractivity contribution in [3.63, 3.8) is 0 Å². The maximum absolute atomic E-state index is 12.4. The van der Waals surface area contributed by atoms with Crippen molar-refractivity contribution in [3.05, 3.63) is 78.0 Å². The van der Waals surface area contributed by atoms with E-state index in [0.29, 0.717) is 0 Å². The normalized spacial score (nSPS) is 11.1. The highest BCUT2D eigenvalue weighted by atomic mass is 16.3. The largest absolute Gasteiger partial charge is 0.507 e. The summed E-state index contributed by atoms with van der Waals surface area (Å²) >= 11 is 0. The number of phenolic OH excluding ortho intramolecular Hbond substituents is 1. The van der Waals surface area contributed by atoms with Crippen LogP contribution in [-0.2, 0) is 6.54 Å². The van der Waals surface area contributed by atoms with Gasteiger partial charge in [-0.1, -0.05) is 42.5 Å². The summed E-state index contributed by atoms with van der Waals surface area (Å²) in [5.74, 6) is -0.600. The van der Waals surface area contributed by atoms with E-state index >= 15 is 0 Å². The number of hydrogen-bond acceptors (Lipinski definition) is 4. The smallest absolute Gasteiger partial charge is 0.275 e. The molecule has 1 heterocycles. The Morgan fingerprint density at radius 3 is 2.64 bits per heavy atom. The Labute approximate surface area is 160 Å². The van der Waals surface area contributed by atoms with Crippen LogP contribution in [0.1, 0.15) is 15.9 Å². The number of hydrazone groups is 1. The molecule has 28 heavy (non-hydrogen) atoms. The van der Waals surface area contributed by atoms with Gasteiger partial charge in [-0.15, -0.1) is 0 Å². The number of aromatic nitrogens is 1. The van der Waals surface area contributed by atoms with E-state index in [1.807, 2.05) is 59.3 Å². The van der Waals surface area contributed by atoms with Crippen molar-refractivity contribution in [2.75, 3.05) is 0 Å². The molecule has 0 saturated heterocycles. The summed E-state index contributed by atoms with van der Waals surface area (Å²) in [5, 5.41) is 25.8. The molecule has 0 unspecified atom stereocenters. The fourth-order valence-electron chi connectivity index (χ4n) is 3.22. The van der Waals surface area contributed by atoms with E-state index in [1.165, 1.54) is 6.21 Å². The minimum absolute atomic E-state index is 0.1000. The highest BCUT2D eigenvalue weighted by Crippen LogP contribution is 2.25. The van der Waals surface area contributed by atoms with Crippen LogP contribution in [0.4, 0.5) is 0 Å². The first-order chi connectivity index (χ1) is 13.7. The molecule has 3 aromatic carbocycles. The van der Waals surface area contributed by atoms with E-state index in [9.17, 15) is 9.90 Å². The van der Waals surface area contributed by atoms with E-state index in [4.69, 9.17) is 5.26 Å². The van der Waals surface area contributed by atoms with Crippen LogP contribution in [-0.4, -0.2) is 21.8 Å². The highest BCUT2D eigenvalue weighted by molar-refractivity contribution is 6.03. The molecular weight excluding hydrogens is 352 g/mol. The average molecular weight is 368 g/mol. The monoisotopic (exact) mass is 368 g/mol. The van der Waals surface area contributed by atoms with Crippen molar-refractivity contribution in [3.8, 4) is 11.8 Å². The maximum atomic E-state index is 12.4. The van der Waals surface area contributed by atoms with E-state index < -0.39 is 5.91 Å². The maximum Gasteiger partial charge on any atom is 0.275 e. The molecule has 0 saturated carbocycles. The van der Waals surface area contributed by atoms with Crippen molar-refractivity contribution >= 4 is 33.8 Å². The van der Waals surface area contributed by atoms with Crippen molar-refractivity contribution in [1.29, 1.82) is 5.26 Å². The van der Waals surface area contributed by atoms with Crippen LogP contribution >= 0.6 is 0 Å². The molecule has 2 N–H and O–H groups in total. The summed E-state index contributed by atoms with van der Waals surface area (Å²) in [6.45, 7) is 0.228. The van der Waals surface area contributed by atoms with E-state index in [2.05, 4.69) is 16.6 Å². The topological polar surface area (TPSA) is 90.4 Å². The van der Waals surface area contributed by atoms with Crippen molar-refractivity contribution in [1.82, 2.24) is 9.99 Å². The molecule has 136 valence electrons. The minimum atomic E-state index is -0.500. The summed E-state index contributed by atoms with van der Waals surface area (Å²) in [5.41, 5.74) is 4.32. The van der Waals surface area contributed by atoms with Gasteiger partial charge in [0.25, 0.3) is 5.91 Å². The molecule has 4 aromatic rings. The number of carbonyl (C=O) groups excluding carboxylic acids is 1. The lowest BCUT2D eigenvalue weighted by molar-refractivity contribution is 0.0952. The second-order valence-electron chi connectivity index (χ2n) is 6.30. The number of phenols is 1. The second-order valence-corrected chi connectivity index (χ2v) is 6.30. The van der Waals surface area contributed by atoms with Crippen LogP contribution in [0.2, 0.25) is 0 Å². The summed E-state index contributed by atoms with van der Waals surface area (Å²) in [6, 6.07) is 20.5. The zero-order chi connectivity index (χ0) is 19.5. The minimum Gasteiger partial charge on any atom is -0.507 e. The quantitative estimate of drug-likeness (QED) is 0.424. The number of nitriles is 1. The zero-order valence-corrected chi connectivity index (χ0v) is 14.8. The number of para-hydroxylation sites is 1. The van der Waals surface area contributed by atoms with Gasteiger partial charge in [-0.2, -0.15) is 10.4 Å². The molecule has 4 rings (SSSR count). The summed E-state index contributed by atoms with van der Waals surface area (Å²) < 4.78 is 1.83. The fraction of sp³-hybridized carbons (Fsp3) is 0.0455. The highest BCUT2D eigenvalue weighted by Gasteiger charge is 2.12. The van der Waals surface area contributed by atoms with Crippen LogP contribution in [0.25, 0.3) is 21.7 Å². The van der Waals surface area contributed by atoms with Crippen LogP contribution in [0.5, 0.6) is 5.75 Å². The molecule has 0 fully saturated rings. The molecule has 0 aliphatic rings. The van der Waals surface area contributed by atoms with Crippen LogP contribution in [0.15, 0.2) is 72.0 Å². The van der Waals surface area contributed by atoms with Gasteiger partial charge in [-0.25, -0.2) is 5.43 Å². The number of amides is 1. The third kappa shape index (κ3) is 3.17. The summed E-state index contributed by atoms with van der Waals surface area (Å²) in [6.07, 6.45) is 3.35. The number of benzene rings is 3. The average Bonchev–Trinajstić information content (AvgIpc) is 3.05. The third-order valence-electron chi connectivity index (χ3n) is 4.54. The van der Waals surface area contributed by atoms with Gasteiger partial charge in [0, 0.05) is 22.7 Å². The van der Waals surface area contributed by atoms with E-state index in [0.717, 1.165) is 27.2 Å². The lowest BCUT2D eigenvalue weighted by Crippen LogP contribution is -2.17. The first-order valence-electron chi connectivity index (χ1n) is 8.67. The van der Waals surface area contributed by atoms with Gasteiger partial charge in [0.2, 0.25) is 0 Å². The third-order valence-corrected chi connectivity index (χ3v) is 4.54. The van der Waals surface area contributed by atoms with Gasteiger partial charge in [-0.3, -0.25) is 4.79 Å². The lowest BCUT2D eigenvalue weighted by atomic mass is 10.1. The Morgan fingerprint density at radius 2 is 1.86 bits per heavy atom. The predicted octanol–water partition coefficient (Wildman–Crippen LogP) is 3.79. The van der Waals surface area contributed by atoms with Gasteiger partial charge >= 0.3 is 0 Å². The molecular formula is C22H16N4O2. The molecule has 0 atom stereocenters.